The van der Waals surface area contributed by atoms with Crippen molar-refractivity contribution < 1.29 is 28.2 Å². The zero-order chi connectivity index (χ0) is 12.3. The Hall–Kier alpha value is -1.56. The van der Waals surface area contributed by atoms with Gasteiger partial charge in [0.25, 0.3) is 0 Å². The Labute approximate surface area is 89.1 Å². The van der Waals surface area contributed by atoms with Crippen molar-refractivity contribution in [3.05, 3.63) is 35.4 Å². The fourth-order valence-electron chi connectivity index (χ4n) is 1.18. The number of hydrogen-bond acceptors (Lipinski definition) is 2. The molecule has 0 heterocycles. The normalized spacial score (nSPS) is 13.5. The Morgan fingerprint density at radius 2 is 1.75 bits per heavy atom. The summed E-state index contributed by atoms with van der Waals surface area (Å²) >= 11 is 0. The summed E-state index contributed by atoms with van der Waals surface area (Å²) in [5.41, 5.74) is -0.686. The molecule has 1 rings (SSSR count). The lowest BCUT2D eigenvalue weighted by Crippen LogP contribution is -2.07. The molecule has 0 unspecified atom stereocenters. The third-order valence-corrected chi connectivity index (χ3v) is 1.99. The topological polar surface area (TPSA) is 57.5 Å². The highest BCUT2D eigenvalue weighted by atomic mass is 19.4. The zero-order valence-electron chi connectivity index (χ0n) is 8.03. The fraction of sp³-hybridized carbons (Fsp3) is 0.300. The van der Waals surface area contributed by atoms with Gasteiger partial charge in [-0.2, -0.15) is 13.2 Å². The van der Waals surface area contributed by atoms with Gasteiger partial charge < -0.3 is 10.2 Å². The second kappa shape index (κ2) is 4.52. The molecule has 0 aliphatic heterocycles. The summed E-state index contributed by atoms with van der Waals surface area (Å²) in [7, 11) is 0. The monoisotopic (exact) mass is 234 g/mol. The van der Waals surface area contributed by atoms with Gasteiger partial charge in [0.05, 0.1) is 18.1 Å². The molecule has 0 bridgehead atoms. The lowest BCUT2D eigenvalue weighted by atomic mass is 10.0. The minimum atomic E-state index is -4.43. The van der Waals surface area contributed by atoms with E-state index in [0.29, 0.717) is 0 Å². The molecule has 1 aromatic carbocycles. The van der Waals surface area contributed by atoms with E-state index in [0.717, 1.165) is 24.3 Å². The highest BCUT2D eigenvalue weighted by molar-refractivity contribution is 5.67. The van der Waals surface area contributed by atoms with Gasteiger partial charge in [-0.25, -0.2) is 0 Å². The van der Waals surface area contributed by atoms with Crippen LogP contribution in [0.5, 0.6) is 0 Å². The molecule has 1 aromatic rings. The second-order valence-corrected chi connectivity index (χ2v) is 3.23. The van der Waals surface area contributed by atoms with Crippen LogP contribution in [0.3, 0.4) is 0 Å². The highest BCUT2D eigenvalue weighted by Crippen LogP contribution is 2.30. The maximum absolute atomic E-state index is 12.2. The van der Waals surface area contributed by atoms with E-state index in [4.69, 9.17) is 5.11 Å². The summed E-state index contributed by atoms with van der Waals surface area (Å²) in [6.07, 6.45) is -6.26. The quantitative estimate of drug-likeness (QED) is 0.842. The molecular weight excluding hydrogens is 225 g/mol. The molecule has 1 atom stereocenters. The number of aliphatic hydroxyl groups is 1. The van der Waals surface area contributed by atoms with Crippen molar-refractivity contribution in [2.24, 2.45) is 0 Å². The van der Waals surface area contributed by atoms with Crippen LogP contribution in [0.2, 0.25) is 0 Å². The Kier molecular flexibility index (Phi) is 3.54. The van der Waals surface area contributed by atoms with Crippen LogP contribution in [0.15, 0.2) is 24.3 Å². The van der Waals surface area contributed by atoms with Crippen LogP contribution >= 0.6 is 0 Å². The van der Waals surface area contributed by atoms with E-state index in [-0.39, 0.29) is 5.56 Å². The predicted octanol–water partition coefficient (Wildman–Crippen LogP) is 2.21. The molecule has 0 saturated carbocycles. The first kappa shape index (κ1) is 12.5. The van der Waals surface area contributed by atoms with Crippen molar-refractivity contribution in [3.63, 3.8) is 0 Å². The van der Waals surface area contributed by atoms with Crippen molar-refractivity contribution in [2.75, 3.05) is 0 Å². The number of carboxylic acids is 1. The van der Waals surface area contributed by atoms with Crippen molar-refractivity contribution >= 4 is 5.97 Å². The van der Waals surface area contributed by atoms with Crippen molar-refractivity contribution in [1.82, 2.24) is 0 Å². The van der Waals surface area contributed by atoms with Crippen molar-refractivity contribution in [2.45, 2.75) is 18.7 Å². The highest BCUT2D eigenvalue weighted by Gasteiger charge is 2.30. The van der Waals surface area contributed by atoms with Crippen LogP contribution in [0.4, 0.5) is 13.2 Å². The number of halogens is 3. The smallest absolute Gasteiger partial charge is 0.416 e. The van der Waals surface area contributed by atoms with Gasteiger partial charge >= 0.3 is 12.1 Å². The number of carbonyl (C=O) groups is 1. The van der Waals surface area contributed by atoms with Gasteiger partial charge in [0.15, 0.2) is 0 Å². The van der Waals surface area contributed by atoms with Crippen molar-refractivity contribution in [3.8, 4) is 0 Å². The third-order valence-electron chi connectivity index (χ3n) is 1.99. The minimum Gasteiger partial charge on any atom is -0.481 e. The van der Waals surface area contributed by atoms with Crippen LogP contribution in [0.25, 0.3) is 0 Å². The molecule has 0 aliphatic rings. The number of aliphatic carboxylic acids is 1. The molecule has 0 spiro atoms. The summed E-state index contributed by atoms with van der Waals surface area (Å²) in [5.74, 6) is -1.22. The maximum Gasteiger partial charge on any atom is 0.416 e. The molecule has 6 heteroatoms. The fourth-order valence-corrected chi connectivity index (χ4v) is 1.18. The standard InChI is InChI=1S/C10H9F3O3/c11-10(12,13)7-3-1-6(2-4-7)8(14)5-9(15)16/h1-4,8,14H,5H2,(H,15,16)/t8-/m1/s1. The molecule has 0 aromatic heterocycles. The van der Waals surface area contributed by atoms with E-state index in [1.54, 1.807) is 0 Å². The van der Waals surface area contributed by atoms with Crippen LogP contribution in [0.1, 0.15) is 23.7 Å². The van der Waals surface area contributed by atoms with E-state index >= 15 is 0 Å². The second-order valence-electron chi connectivity index (χ2n) is 3.23. The Balaban J connectivity index is 2.83. The molecule has 3 nitrogen and oxygen atoms in total. The summed E-state index contributed by atoms with van der Waals surface area (Å²) in [6.45, 7) is 0. The van der Waals surface area contributed by atoms with Gasteiger partial charge in [0, 0.05) is 0 Å². The van der Waals surface area contributed by atoms with E-state index in [9.17, 15) is 23.1 Å². The number of aliphatic hydroxyl groups excluding tert-OH is 1. The average Bonchev–Trinajstić information content (AvgIpc) is 2.15. The van der Waals surface area contributed by atoms with E-state index < -0.39 is 30.2 Å². The lowest BCUT2D eigenvalue weighted by Gasteiger charge is -2.10. The number of rotatable bonds is 3. The first-order valence-electron chi connectivity index (χ1n) is 4.37. The average molecular weight is 234 g/mol. The van der Waals surface area contributed by atoms with Gasteiger partial charge in [-0.15, -0.1) is 0 Å². The summed E-state index contributed by atoms with van der Waals surface area (Å²) in [5, 5.41) is 17.7. The minimum absolute atomic E-state index is 0.149. The molecule has 16 heavy (non-hydrogen) atoms. The molecule has 0 amide bonds. The molecule has 88 valence electrons. The third kappa shape index (κ3) is 3.23. The number of alkyl halides is 3. The molecular formula is C10H9F3O3. The molecule has 0 fully saturated rings. The first-order valence-corrected chi connectivity index (χ1v) is 4.37. The lowest BCUT2D eigenvalue weighted by molar-refractivity contribution is -0.140. The summed E-state index contributed by atoms with van der Waals surface area (Å²) < 4.78 is 36.5. The number of carboxylic acid groups (broad SMARTS) is 1. The summed E-state index contributed by atoms with van der Waals surface area (Å²) in [6, 6.07) is 3.74. The van der Waals surface area contributed by atoms with Gasteiger partial charge in [-0.3, -0.25) is 4.79 Å². The van der Waals surface area contributed by atoms with Crippen LogP contribution < -0.4 is 0 Å². The van der Waals surface area contributed by atoms with Crippen LogP contribution in [-0.2, 0) is 11.0 Å². The maximum atomic E-state index is 12.2. The van der Waals surface area contributed by atoms with Gasteiger partial charge in [-0.05, 0) is 17.7 Å². The summed E-state index contributed by atoms with van der Waals surface area (Å²) in [4.78, 5) is 10.3. The van der Waals surface area contributed by atoms with E-state index in [1.807, 2.05) is 0 Å². The Bertz CT molecular complexity index is 370. The predicted molar refractivity (Wildman–Crippen MR) is 48.7 cm³/mol. The number of hydrogen-bond donors (Lipinski definition) is 2. The molecule has 2 N–H and O–H groups in total. The molecule has 0 radical (unpaired) electrons. The van der Waals surface area contributed by atoms with E-state index in [1.165, 1.54) is 0 Å². The first-order chi connectivity index (χ1) is 7.30. The van der Waals surface area contributed by atoms with Crippen LogP contribution in [0, 0.1) is 0 Å². The molecule has 0 saturated heterocycles. The van der Waals surface area contributed by atoms with E-state index in [2.05, 4.69) is 0 Å². The van der Waals surface area contributed by atoms with Gasteiger partial charge in [0.2, 0.25) is 0 Å². The van der Waals surface area contributed by atoms with Crippen LogP contribution in [-0.4, -0.2) is 16.2 Å². The van der Waals surface area contributed by atoms with Gasteiger partial charge in [0.1, 0.15) is 0 Å². The van der Waals surface area contributed by atoms with Crippen molar-refractivity contribution in [1.29, 1.82) is 0 Å². The molecule has 0 aliphatic carbocycles. The zero-order valence-corrected chi connectivity index (χ0v) is 8.03. The van der Waals surface area contributed by atoms with Gasteiger partial charge in [-0.1, -0.05) is 12.1 Å². The number of benzene rings is 1. The Morgan fingerprint density at radius 1 is 1.25 bits per heavy atom. The largest absolute Gasteiger partial charge is 0.481 e. The SMILES string of the molecule is O=C(O)C[C@@H](O)c1ccc(C(F)(F)F)cc1. The Morgan fingerprint density at radius 3 is 2.12 bits per heavy atom.